The van der Waals surface area contributed by atoms with Gasteiger partial charge < -0.3 is 9.40 Å². The van der Waals surface area contributed by atoms with Crippen LogP contribution in [0.15, 0.2) is 57.4 Å². The number of H-pyrrole nitrogens is 1. The van der Waals surface area contributed by atoms with Crippen LogP contribution in [-0.4, -0.2) is 15.9 Å². The van der Waals surface area contributed by atoms with Crippen LogP contribution in [0, 0.1) is 0 Å². The number of aromatic nitrogens is 2. The first-order chi connectivity index (χ1) is 10.7. The summed E-state index contributed by atoms with van der Waals surface area (Å²) in [7, 11) is 0. The van der Waals surface area contributed by atoms with Gasteiger partial charge in [-0.05, 0) is 30.3 Å². The van der Waals surface area contributed by atoms with Crippen LogP contribution < -0.4 is 5.32 Å². The summed E-state index contributed by atoms with van der Waals surface area (Å²) >= 11 is 3.44. The van der Waals surface area contributed by atoms with Gasteiger partial charge in [0.05, 0.1) is 11.0 Å². The van der Waals surface area contributed by atoms with Crippen molar-refractivity contribution < 1.29 is 9.21 Å². The van der Waals surface area contributed by atoms with E-state index in [2.05, 4.69) is 31.2 Å². The number of furan rings is 1. The Labute approximate surface area is 133 Å². The van der Waals surface area contributed by atoms with E-state index in [0.717, 1.165) is 20.9 Å². The van der Waals surface area contributed by atoms with E-state index in [1.165, 1.54) is 0 Å². The number of nitrogens with zero attached hydrogens (tertiary/aromatic N) is 1. The molecule has 0 spiro atoms. The van der Waals surface area contributed by atoms with Gasteiger partial charge >= 0.3 is 0 Å². The summed E-state index contributed by atoms with van der Waals surface area (Å²) in [6, 6.07) is 14.9. The molecule has 22 heavy (non-hydrogen) atoms. The lowest BCUT2D eigenvalue weighted by Gasteiger charge is -1.97. The van der Waals surface area contributed by atoms with Gasteiger partial charge in [-0.25, -0.2) is 4.98 Å². The molecule has 0 fully saturated rings. The lowest BCUT2D eigenvalue weighted by molar-refractivity contribution is 0.0998. The van der Waals surface area contributed by atoms with E-state index >= 15 is 0 Å². The van der Waals surface area contributed by atoms with Crippen molar-refractivity contribution in [1.29, 1.82) is 0 Å². The molecule has 2 N–H and O–H groups in total. The Balaban J connectivity index is 1.66. The third kappa shape index (κ3) is 2.17. The van der Waals surface area contributed by atoms with Crippen LogP contribution in [0.3, 0.4) is 0 Å². The summed E-state index contributed by atoms with van der Waals surface area (Å²) in [5.41, 5.74) is 2.32. The maximum Gasteiger partial charge on any atom is 0.293 e. The zero-order valence-electron chi connectivity index (χ0n) is 11.3. The zero-order valence-corrected chi connectivity index (χ0v) is 12.8. The summed E-state index contributed by atoms with van der Waals surface area (Å²) in [5, 5.41) is 3.57. The van der Waals surface area contributed by atoms with Crippen LogP contribution in [-0.2, 0) is 0 Å². The van der Waals surface area contributed by atoms with E-state index < -0.39 is 0 Å². The first kappa shape index (κ1) is 13.1. The van der Waals surface area contributed by atoms with Gasteiger partial charge in [0.25, 0.3) is 5.91 Å². The average molecular weight is 356 g/mol. The average Bonchev–Trinajstić information content (AvgIpc) is 3.10. The maximum atomic E-state index is 12.3. The van der Waals surface area contributed by atoms with Crippen molar-refractivity contribution in [3.8, 4) is 0 Å². The van der Waals surface area contributed by atoms with Crippen molar-refractivity contribution in [1.82, 2.24) is 9.97 Å². The van der Waals surface area contributed by atoms with Crippen LogP contribution in [0.5, 0.6) is 0 Å². The number of anilines is 1. The molecule has 0 aliphatic rings. The van der Waals surface area contributed by atoms with Crippen molar-refractivity contribution in [3.05, 3.63) is 58.8 Å². The van der Waals surface area contributed by atoms with Crippen molar-refractivity contribution in [2.45, 2.75) is 0 Å². The topological polar surface area (TPSA) is 70.9 Å². The van der Waals surface area contributed by atoms with E-state index in [-0.39, 0.29) is 11.7 Å². The third-order valence-corrected chi connectivity index (χ3v) is 4.04. The van der Waals surface area contributed by atoms with Crippen molar-refractivity contribution in [3.63, 3.8) is 0 Å². The Morgan fingerprint density at radius 2 is 2.05 bits per heavy atom. The number of nitrogens with one attached hydrogen (secondary N) is 2. The quantitative estimate of drug-likeness (QED) is 0.562. The Bertz CT molecular complexity index is 970. The lowest BCUT2D eigenvalue weighted by Crippen LogP contribution is -2.11. The summed E-state index contributed by atoms with van der Waals surface area (Å²) < 4.78 is 6.46. The number of imidazole rings is 1. The molecular formula is C16H10BrN3O2. The number of fused-ring (bicyclic) bond motifs is 2. The van der Waals surface area contributed by atoms with Gasteiger partial charge in [0.1, 0.15) is 5.58 Å². The van der Waals surface area contributed by atoms with Gasteiger partial charge in [-0.1, -0.05) is 34.1 Å². The van der Waals surface area contributed by atoms with Crippen molar-refractivity contribution in [2.75, 3.05) is 5.32 Å². The molecule has 2 aromatic heterocycles. The Kier molecular flexibility index (Phi) is 2.97. The largest absolute Gasteiger partial charge is 0.451 e. The normalized spacial score (nSPS) is 11.1. The first-order valence-electron chi connectivity index (χ1n) is 6.65. The maximum absolute atomic E-state index is 12.3. The SMILES string of the molecule is O=C(Nc1nc2ccccc2[nH]1)c1cc2c(Br)cccc2o1. The molecule has 108 valence electrons. The summed E-state index contributed by atoms with van der Waals surface area (Å²) in [6.45, 7) is 0. The highest BCUT2D eigenvalue weighted by molar-refractivity contribution is 9.10. The fourth-order valence-electron chi connectivity index (χ4n) is 2.32. The fraction of sp³-hybridized carbons (Fsp3) is 0. The van der Waals surface area contributed by atoms with E-state index in [4.69, 9.17) is 4.42 Å². The molecule has 0 saturated carbocycles. The number of aromatic amines is 1. The van der Waals surface area contributed by atoms with Crippen molar-refractivity contribution in [2.24, 2.45) is 0 Å². The molecule has 0 radical (unpaired) electrons. The number of halogens is 1. The van der Waals surface area contributed by atoms with Crippen LogP contribution in [0.4, 0.5) is 5.95 Å². The molecule has 1 amide bonds. The Morgan fingerprint density at radius 3 is 2.86 bits per heavy atom. The molecule has 4 aromatic rings. The summed E-state index contributed by atoms with van der Waals surface area (Å²) in [5.74, 6) is 0.287. The second kappa shape index (κ2) is 4.99. The minimum absolute atomic E-state index is 0.238. The van der Waals surface area contributed by atoms with Gasteiger partial charge in [0.15, 0.2) is 5.76 Å². The van der Waals surface area contributed by atoms with Gasteiger partial charge in [-0.3, -0.25) is 10.1 Å². The molecule has 0 aliphatic heterocycles. The van der Waals surface area contributed by atoms with Gasteiger partial charge in [0, 0.05) is 9.86 Å². The number of amides is 1. The van der Waals surface area contributed by atoms with Gasteiger partial charge in [0.2, 0.25) is 5.95 Å². The molecule has 6 heteroatoms. The molecule has 2 heterocycles. The highest BCUT2D eigenvalue weighted by atomic mass is 79.9. The Hall–Kier alpha value is -2.60. The molecule has 0 atom stereocenters. The van der Waals surface area contributed by atoms with E-state index in [0.29, 0.717) is 11.5 Å². The second-order valence-electron chi connectivity index (χ2n) is 4.82. The van der Waals surface area contributed by atoms with E-state index in [9.17, 15) is 4.79 Å². The standard InChI is InChI=1S/C16H10BrN3O2/c17-10-4-3-7-13-9(10)8-14(22-13)15(21)20-16-18-11-5-1-2-6-12(11)19-16/h1-8H,(H2,18,19,20,21). The zero-order chi connectivity index (χ0) is 15.1. The molecule has 2 aromatic carbocycles. The summed E-state index contributed by atoms with van der Waals surface area (Å²) in [6.07, 6.45) is 0. The monoisotopic (exact) mass is 355 g/mol. The van der Waals surface area contributed by atoms with Crippen LogP contribution in [0.1, 0.15) is 10.6 Å². The van der Waals surface area contributed by atoms with Gasteiger partial charge in [-0.15, -0.1) is 0 Å². The van der Waals surface area contributed by atoms with Crippen LogP contribution in [0.25, 0.3) is 22.0 Å². The highest BCUT2D eigenvalue weighted by Gasteiger charge is 2.15. The minimum atomic E-state index is -0.345. The number of carbonyl (C=O) groups is 1. The number of hydrogen-bond donors (Lipinski definition) is 2. The fourth-order valence-corrected chi connectivity index (χ4v) is 2.78. The third-order valence-electron chi connectivity index (χ3n) is 3.35. The Morgan fingerprint density at radius 1 is 1.18 bits per heavy atom. The molecule has 5 nitrogen and oxygen atoms in total. The number of carbonyl (C=O) groups excluding carboxylic acids is 1. The molecule has 0 unspecified atom stereocenters. The van der Waals surface area contributed by atoms with Gasteiger partial charge in [-0.2, -0.15) is 0 Å². The summed E-state index contributed by atoms with van der Waals surface area (Å²) in [4.78, 5) is 19.7. The van der Waals surface area contributed by atoms with E-state index in [1.807, 2.05) is 42.5 Å². The smallest absolute Gasteiger partial charge is 0.293 e. The first-order valence-corrected chi connectivity index (χ1v) is 7.44. The van der Waals surface area contributed by atoms with Crippen molar-refractivity contribution >= 4 is 49.8 Å². The van der Waals surface area contributed by atoms with E-state index in [1.54, 1.807) is 6.07 Å². The number of rotatable bonds is 2. The van der Waals surface area contributed by atoms with Crippen LogP contribution in [0.2, 0.25) is 0 Å². The number of para-hydroxylation sites is 2. The molecule has 0 saturated heterocycles. The lowest BCUT2D eigenvalue weighted by atomic mass is 10.2. The number of benzene rings is 2. The van der Waals surface area contributed by atoms with Crippen LogP contribution >= 0.6 is 15.9 Å². The molecule has 4 rings (SSSR count). The highest BCUT2D eigenvalue weighted by Crippen LogP contribution is 2.27. The molecule has 0 aliphatic carbocycles. The predicted molar refractivity (Wildman–Crippen MR) is 88.0 cm³/mol. The number of hydrogen-bond acceptors (Lipinski definition) is 3. The predicted octanol–water partition coefficient (Wildman–Crippen LogP) is 4.32. The molecular weight excluding hydrogens is 346 g/mol. The molecule has 0 bridgehead atoms. The minimum Gasteiger partial charge on any atom is -0.451 e. The second-order valence-corrected chi connectivity index (χ2v) is 5.67.